The molecule has 4 unspecified atom stereocenters. The van der Waals surface area contributed by atoms with Crippen molar-refractivity contribution < 1.29 is 24.0 Å². The molecule has 1 aliphatic heterocycles. The van der Waals surface area contributed by atoms with Crippen molar-refractivity contribution in [2.45, 2.75) is 99.1 Å². The summed E-state index contributed by atoms with van der Waals surface area (Å²) in [5.74, 6) is -1.01. The highest BCUT2D eigenvalue weighted by Gasteiger charge is 2.60. The Hall–Kier alpha value is -0.650. The van der Waals surface area contributed by atoms with Gasteiger partial charge in [0.05, 0.1) is 12.5 Å². The summed E-state index contributed by atoms with van der Waals surface area (Å²) in [6.07, 6.45) is 5.05. The van der Waals surface area contributed by atoms with Gasteiger partial charge in [-0.25, -0.2) is 9.78 Å². The lowest BCUT2D eigenvalue weighted by Crippen LogP contribution is -2.52. The third kappa shape index (κ3) is 4.51. The number of carbonyl (C=O) groups excluding carboxylic acids is 1. The number of carbonyl (C=O) groups is 1. The van der Waals surface area contributed by atoms with E-state index in [-0.39, 0.29) is 17.3 Å². The van der Waals surface area contributed by atoms with Crippen LogP contribution in [0.4, 0.5) is 0 Å². The predicted octanol–water partition coefficient (Wildman–Crippen LogP) is 5.48. The quantitative estimate of drug-likeness (QED) is 0.272. The van der Waals surface area contributed by atoms with Crippen LogP contribution in [-0.4, -0.2) is 24.7 Å². The zero-order valence-electron chi connectivity index (χ0n) is 18.8. The molecule has 5 atom stereocenters. The molecule has 1 saturated carbocycles. The third-order valence-electron chi connectivity index (χ3n) is 7.13. The second-order valence-corrected chi connectivity index (χ2v) is 10.2. The van der Waals surface area contributed by atoms with Crippen LogP contribution < -0.4 is 0 Å². The summed E-state index contributed by atoms with van der Waals surface area (Å²) >= 11 is 0. The maximum Gasteiger partial charge on any atom is 0.314 e. The first-order chi connectivity index (χ1) is 12.3. The Balaban J connectivity index is 2.57. The molecule has 1 aliphatic carbocycles. The first-order valence-electron chi connectivity index (χ1n) is 10.5. The molecule has 2 aliphatic rings. The molecule has 2 fully saturated rings. The molecule has 0 amide bonds. The molecule has 0 bridgehead atoms. The number of hydrogen-bond acceptors (Lipinski definition) is 5. The lowest BCUT2D eigenvalue weighted by atomic mass is 9.60. The largest absolute Gasteiger partial charge is 0.433 e. The topological polar surface area (TPSA) is 54.0 Å². The second-order valence-electron chi connectivity index (χ2n) is 10.2. The minimum atomic E-state index is -1.07. The summed E-state index contributed by atoms with van der Waals surface area (Å²) in [7, 11) is 1.46. The molecule has 0 aromatic rings. The second kappa shape index (κ2) is 7.64. The number of ether oxygens (including phenoxy) is 2. The predicted molar refractivity (Wildman–Crippen MR) is 105 cm³/mol. The third-order valence-corrected chi connectivity index (χ3v) is 7.13. The van der Waals surface area contributed by atoms with Crippen molar-refractivity contribution >= 4 is 5.97 Å². The van der Waals surface area contributed by atoms with Crippen LogP contribution in [0.25, 0.3) is 0 Å². The van der Waals surface area contributed by atoms with Crippen LogP contribution in [0, 0.1) is 28.6 Å². The van der Waals surface area contributed by atoms with E-state index < -0.39 is 17.0 Å². The number of esters is 1. The molecule has 2 rings (SSSR count). The monoisotopic (exact) mass is 384 g/mol. The van der Waals surface area contributed by atoms with Gasteiger partial charge in [-0.2, -0.15) is 0 Å². The standard InChI is InChI=1S/C22H40O5/c1-10-22-12-11-15(2)16(3)13-17(22)21(8,26-20(6,7)27-24-9)25-18(23)19(4,5)14-22/h15-17H,10-14H2,1-9H3/t15?,16?,17?,21?,22-/m0/s1. The number of hydrogen-bond donors (Lipinski definition) is 0. The van der Waals surface area contributed by atoms with Crippen LogP contribution in [-0.2, 0) is 24.0 Å². The highest BCUT2D eigenvalue weighted by molar-refractivity contribution is 5.76. The van der Waals surface area contributed by atoms with E-state index in [1.807, 2.05) is 20.8 Å². The number of fused-ring (bicyclic) bond motifs is 1. The molecule has 5 heteroatoms. The summed E-state index contributed by atoms with van der Waals surface area (Å²) < 4.78 is 12.5. The van der Waals surface area contributed by atoms with Crippen LogP contribution in [0.15, 0.2) is 0 Å². The van der Waals surface area contributed by atoms with Crippen LogP contribution in [0.1, 0.15) is 87.5 Å². The van der Waals surface area contributed by atoms with E-state index in [4.69, 9.17) is 19.2 Å². The zero-order chi connectivity index (χ0) is 20.7. The van der Waals surface area contributed by atoms with Crippen molar-refractivity contribution in [1.29, 1.82) is 0 Å². The molecule has 0 aromatic heterocycles. The molecule has 0 N–H and O–H groups in total. The fraction of sp³-hybridized carbons (Fsp3) is 0.955. The van der Waals surface area contributed by atoms with Gasteiger partial charge in [-0.15, -0.1) is 0 Å². The Morgan fingerprint density at radius 2 is 1.81 bits per heavy atom. The van der Waals surface area contributed by atoms with Gasteiger partial charge in [0.15, 0.2) is 5.79 Å². The van der Waals surface area contributed by atoms with Crippen molar-refractivity contribution in [3.63, 3.8) is 0 Å². The van der Waals surface area contributed by atoms with Gasteiger partial charge in [-0.1, -0.05) is 20.8 Å². The summed E-state index contributed by atoms with van der Waals surface area (Å²) in [6.45, 7) is 16.4. The van der Waals surface area contributed by atoms with Gasteiger partial charge < -0.3 is 9.47 Å². The van der Waals surface area contributed by atoms with E-state index in [9.17, 15) is 4.79 Å². The first kappa shape index (κ1) is 22.6. The molecule has 0 aromatic carbocycles. The van der Waals surface area contributed by atoms with Gasteiger partial charge in [0.1, 0.15) is 0 Å². The van der Waals surface area contributed by atoms with Crippen molar-refractivity contribution in [3.8, 4) is 0 Å². The maximum atomic E-state index is 13.1. The van der Waals surface area contributed by atoms with Crippen molar-refractivity contribution in [2.75, 3.05) is 7.11 Å². The van der Waals surface area contributed by atoms with Gasteiger partial charge in [0.2, 0.25) is 5.79 Å². The minimum absolute atomic E-state index is 0.00736. The van der Waals surface area contributed by atoms with E-state index in [1.165, 1.54) is 13.5 Å². The Labute approximate surface area is 165 Å². The van der Waals surface area contributed by atoms with E-state index in [1.54, 1.807) is 13.8 Å². The highest BCUT2D eigenvalue weighted by atomic mass is 17.2. The average Bonchev–Trinajstić information content (AvgIpc) is 2.68. The molecule has 158 valence electrons. The number of cyclic esters (lactones) is 1. The van der Waals surface area contributed by atoms with Crippen LogP contribution in [0.3, 0.4) is 0 Å². The van der Waals surface area contributed by atoms with Gasteiger partial charge in [0.25, 0.3) is 0 Å². The summed E-state index contributed by atoms with van der Waals surface area (Å²) in [4.78, 5) is 23.3. The van der Waals surface area contributed by atoms with E-state index in [0.717, 1.165) is 25.7 Å². The van der Waals surface area contributed by atoms with Gasteiger partial charge in [0, 0.05) is 12.8 Å². The Kier molecular flexibility index (Phi) is 6.41. The molecular weight excluding hydrogens is 344 g/mol. The van der Waals surface area contributed by atoms with Gasteiger partial charge in [-0.3, -0.25) is 4.79 Å². The molecule has 5 nitrogen and oxygen atoms in total. The lowest BCUT2D eigenvalue weighted by Gasteiger charge is -2.48. The van der Waals surface area contributed by atoms with Crippen molar-refractivity contribution in [1.82, 2.24) is 0 Å². The van der Waals surface area contributed by atoms with Gasteiger partial charge >= 0.3 is 5.97 Å². The fourth-order valence-corrected chi connectivity index (χ4v) is 5.50. The SMILES string of the molecule is CC[C@@]12CCC(C)C(C)CC1C(C)(OC(C)(C)OOC)OC(=O)C(C)(C)C2. The van der Waals surface area contributed by atoms with Crippen LogP contribution in [0.2, 0.25) is 0 Å². The highest BCUT2D eigenvalue weighted by Crippen LogP contribution is 2.59. The van der Waals surface area contributed by atoms with Crippen LogP contribution >= 0.6 is 0 Å². The van der Waals surface area contributed by atoms with E-state index in [2.05, 4.69) is 20.8 Å². The minimum Gasteiger partial charge on any atom is -0.433 e. The van der Waals surface area contributed by atoms with E-state index >= 15 is 0 Å². The van der Waals surface area contributed by atoms with Crippen molar-refractivity contribution in [3.05, 3.63) is 0 Å². The first-order valence-corrected chi connectivity index (χ1v) is 10.5. The fourth-order valence-electron chi connectivity index (χ4n) is 5.50. The normalized spacial score (nSPS) is 39.9. The average molecular weight is 385 g/mol. The summed E-state index contributed by atoms with van der Waals surface area (Å²) in [6, 6.07) is 0. The van der Waals surface area contributed by atoms with Gasteiger partial charge in [-0.05, 0) is 77.0 Å². The lowest BCUT2D eigenvalue weighted by molar-refractivity contribution is -0.450. The van der Waals surface area contributed by atoms with E-state index in [0.29, 0.717) is 11.8 Å². The zero-order valence-corrected chi connectivity index (χ0v) is 18.8. The summed E-state index contributed by atoms with van der Waals surface area (Å²) in [5, 5.41) is 0. The maximum absolute atomic E-state index is 13.1. The molecular formula is C22H40O5. The number of rotatable bonds is 5. The molecule has 0 radical (unpaired) electrons. The Morgan fingerprint density at radius 1 is 1.19 bits per heavy atom. The molecule has 27 heavy (non-hydrogen) atoms. The van der Waals surface area contributed by atoms with Crippen LogP contribution in [0.5, 0.6) is 0 Å². The Bertz CT molecular complexity index is 543. The molecule has 1 heterocycles. The van der Waals surface area contributed by atoms with Crippen molar-refractivity contribution in [2.24, 2.45) is 28.6 Å². The smallest absolute Gasteiger partial charge is 0.314 e. The molecule has 1 saturated heterocycles. The Morgan fingerprint density at radius 3 is 2.37 bits per heavy atom. The molecule has 0 spiro atoms. The summed E-state index contributed by atoms with van der Waals surface area (Å²) in [5.41, 5.74) is -0.551.